The van der Waals surface area contributed by atoms with Crippen LogP contribution in [0.5, 0.6) is 0 Å². The summed E-state index contributed by atoms with van der Waals surface area (Å²) >= 11 is 0. The molecule has 1 saturated heterocycles. The Hall–Kier alpha value is -0.120. The average molecular weight is 145 g/mol. The van der Waals surface area contributed by atoms with E-state index < -0.39 is 0 Å². The van der Waals surface area contributed by atoms with Crippen molar-refractivity contribution < 1.29 is 9.47 Å². The molecule has 1 N–H and O–H groups in total. The molecule has 1 atom stereocenters. The average Bonchev–Trinajstić information content (AvgIpc) is 2.03. The molecule has 0 aliphatic carbocycles. The first-order valence-corrected chi connectivity index (χ1v) is 3.83. The molecule has 3 heteroatoms. The van der Waals surface area contributed by atoms with E-state index >= 15 is 0 Å². The summed E-state index contributed by atoms with van der Waals surface area (Å²) in [5.74, 6) is 0. The number of rotatable bonds is 3. The quantitative estimate of drug-likeness (QED) is 0.607. The van der Waals surface area contributed by atoms with Crippen LogP contribution in [0.25, 0.3) is 0 Å². The zero-order valence-electron chi connectivity index (χ0n) is 6.43. The highest BCUT2D eigenvalue weighted by Gasteiger charge is 2.12. The summed E-state index contributed by atoms with van der Waals surface area (Å²) in [4.78, 5) is 0. The van der Waals surface area contributed by atoms with Gasteiger partial charge in [-0.3, -0.25) is 0 Å². The van der Waals surface area contributed by atoms with Crippen molar-refractivity contribution in [3.63, 3.8) is 0 Å². The maximum absolute atomic E-state index is 5.39. The first-order chi connectivity index (χ1) is 4.93. The van der Waals surface area contributed by atoms with Crippen LogP contribution in [0.2, 0.25) is 0 Å². The van der Waals surface area contributed by atoms with Crippen molar-refractivity contribution in [2.24, 2.45) is 0 Å². The molecule has 0 aromatic rings. The van der Waals surface area contributed by atoms with Crippen LogP contribution in [0.4, 0.5) is 0 Å². The lowest BCUT2D eigenvalue weighted by Gasteiger charge is -2.22. The van der Waals surface area contributed by atoms with Gasteiger partial charge < -0.3 is 14.8 Å². The topological polar surface area (TPSA) is 30.5 Å². The van der Waals surface area contributed by atoms with Crippen LogP contribution in [0.15, 0.2) is 0 Å². The highest BCUT2D eigenvalue weighted by molar-refractivity contribution is 4.62. The fourth-order valence-corrected chi connectivity index (χ4v) is 0.960. The van der Waals surface area contributed by atoms with Crippen LogP contribution >= 0.6 is 0 Å². The molecule has 0 aromatic heterocycles. The fourth-order valence-electron chi connectivity index (χ4n) is 0.960. The van der Waals surface area contributed by atoms with E-state index in [1.54, 1.807) is 0 Å². The minimum absolute atomic E-state index is 0.272. The highest BCUT2D eigenvalue weighted by atomic mass is 16.6. The molecule has 0 unspecified atom stereocenters. The predicted molar refractivity (Wildman–Crippen MR) is 39.1 cm³/mol. The normalized spacial score (nSPS) is 26.7. The van der Waals surface area contributed by atoms with Crippen LogP contribution in [0.3, 0.4) is 0 Å². The Morgan fingerprint density at radius 1 is 1.50 bits per heavy atom. The number of ether oxygens (including phenoxy) is 2. The second kappa shape index (κ2) is 4.66. The van der Waals surface area contributed by atoms with E-state index in [0.29, 0.717) is 0 Å². The Labute approximate surface area is 61.7 Å². The van der Waals surface area contributed by atoms with Crippen molar-refractivity contribution in [3.8, 4) is 0 Å². The van der Waals surface area contributed by atoms with E-state index in [4.69, 9.17) is 9.47 Å². The van der Waals surface area contributed by atoms with Crippen LogP contribution < -0.4 is 5.32 Å². The Morgan fingerprint density at radius 2 is 2.40 bits per heavy atom. The Balaban J connectivity index is 2.02. The van der Waals surface area contributed by atoms with Crippen molar-refractivity contribution in [3.05, 3.63) is 0 Å². The fraction of sp³-hybridized carbons (Fsp3) is 1.00. The third-order valence-corrected chi connectivity index (χ3v) is 1.51. The number of hydrogen-bond donors (Lipinski definition) is 1. The molecule has 1 fully saturated rings. The predicted octanol–water partition coefficient (Wildman–Crippen LogP) is 0.0113. The van der Waals surface area contributed by atoms with Gasteiger partial charge in [0.2, 0.25) is 0 Å². The lowest BCUT2D eigenvalue weighted by molar-refractivity contribution is -0.0861. The van der Waals surface area contributed by atoms with Gasteiger partial charge in [-0.2, -0.15) is 0 Å². The summed E-state index contributed by atoms with van der Waals surface area (Å²) in [6.45, 7) is 6.24. The summed E-state index contributed by atoms with van der Waals surface area (Å²) in [7, 11) is 0. The van der Waals surface area contributed by atoms with E-state index in [-0.39, 0.29) is 6.10 Å². The van der Waals surface area contributed by atoms with E-state index in [0.717, 1.165) is 32.9 Å². The largest absolute Gasteiger partial charge is 0.376 e. The lowest BCUT2D eigenvalue weighted by Crippen LogP contribution is -2.37. The van der Waals surface area contributed by atoms with E-state index in [2.05, 4.69) is 12.2 Å². The van der Waals surface area contributed by atoms with Crippen molar-refractivity contribution in [1.82, 2.24) is 5.32 Å². The molecule has 1 aliphatic rings. The first kappa shape index (κ1) is 7.98. The van der Waals surface area contributed by atoms with E-state index in [1.165, 1.54) is 0 Å². The van der Waals surface area contributed by atoms with Crippen molar-refractivity contribution in [2.75, 3.05) is 32.9 Å². The monoisotopic (exact) mass is 145 g/mol. The van der Waals surface area contributed by atoms with Gasteiger partial charge >= 0.3 is 0 Å². The molecule has 0 saturated carbocycles. The smallest absolute Gasteiger partial charge is 0.0933 e. The molecule has 0 bridgehead atoms. The minimum Gasteiger partial charge on any atom is -0.376 e. The zero-order valence-corrected chi connectivity index (χ0v) is 6.43. The summed E-state index contributed by atoms with van der Waals surface area (Å²) in [5.41, 5.74) is 0. The zero-order chi connectivity index (χ0) is 7.23. The van der Waals surface area contributed by atoms with Crippen molar-refractivity contribution in [1.29, 1.82) is 0 Å². The third-order valence-electron chi connectivity index (χ3n) is 1.51. The molecule has 0 amide bonds. The minimum atomic E-state index is 0.272. The Kier molecular flexibility index (Phi) is 3.72. The van der Waals surface area contributed by atoms with Gasteiger partial charge in [0.15, 0.2) is 0 Å². The molecule has 1 heterocycles. The van der Waals surface area contributed by atoms with Crippen LogP contribution in [0.1, 0.15) is 6.92 Å². The van der Waals surface area contributed by atoms with Gasteiger partial charge in [-0.15, -0.1) is 0 Å². The molecule has 10 heavy (non-hydrogen) atoms. The molecule has 1 rings (SSSR count). The molecular weight excluding hydrogens is 130 g/mol. The van der Waals surface area contributed by atoms with Gasteiger partial charge in [0.05, 0.1) is 25.9 Å². The van der Waals surface area contributed by atoms with Crippen LogP contribution in [-0.4, -0.2) is 39.0 Å². The van der Waals surface area contributed by atoms with E-state index in [9.17, 15) is 0 Å². The van der Waals surface area contributed by atoms with Gasteiger partial charge in [0.25, 0.3) is 0 Å². The second-order valence-electron chi connectivity index (χ2n) is 2.38. The van der Waals surface area contributed by atoms with Gasteiger partial charge in [-0.1, -0.05) is 6.92 Å². The van der Waals surface area contributed by atoms with E-state index in [1.807, 2.05) is 0 Å². The highest BCUT2D eigenvalue weighted by Crippen LogP contribution is 1.98. The molecule has 1 aliphatic heterocycles. The van der Waals surface area contributed by atoms with Gasteiger partial charge in [-0.05, 0) is 6.54 Å². The molecule has 0 spiro atoms. The molecule has 0 radical (unpaired) electrons. The molecular formula is C7H15NO2. The Bertz CT molecular complexity index is 81.7. The third kappa shape index (κ3) is 2.64. The first-order valence-electron chi connectivity index (χ1n) is 3.83. The van der Waals surface area contributed by atoms with Gasteiger partial charge in [0.1, 0.15) is 0 Å². The summed E-state index contributed by atoms with van der Waals surface area (Å²) in [6.07, 6.45) is 0.272. The lowest BCUT2D eigenvalue weighted by atomic mass is 10.3. The summed E-state index contributed by atoms with van der Waals surface area (Å²) in [5, 5.41) is 3.21. The standard InChI is InChI=1S/C7H15NO2/c1-2-8-5-7-6-9-3-4-10-7/h7-8H,2-6H2,1H3/t7-/m1/s1. The maximum atomic E-state index is 5.39. The van der Waals surface area contributed by atoms with Gasteiger partial charge in [0, 0.05) is 6.54 Å². The Morgan fingerprint density at radius 3 is 3.00 bits per heavy atom. The van der Waals surface area contributed by atoms with Crippen LogP contribution in [-0.2, 0) is 9.47 Å². The second-order valence-corrected chi connectivity index (χ2v) is 2.38. The van der Waals surface area contributed by atoms with Gasteiger partial charge in [-0.25, -0.2) is 0 Å². The van der Waals surface area contributed by atoms with Crippen molar-refractivity contribution in [2.45, 2.75) is 13.0 Å². The molecule has 60 valence electrons. The van der Waals surface area contributed by atoms with Crippen molar-refractivity contribution >= 4 is 0 Å². The SMILES string of the molecule is CCNC[C@@H]1COCCO1. The molecule has 0 aromatic carbocycles. The number of nitrogens with one attached hydrogen (secondary N) is 1. The maximum Gasteiger partial charge on any atom is 0.0933 e. The number of likely N-dealkylation sites (N-methyl/N-ethyl adjacent to an activating group) is 1. The number of hydrogen-bond acceptors (Lipinski definition) is 3. The summed E-state index contributed by atoms with van der Waals surface area (Å²) in [6, 6.07) is 0. The molecule has 3 nitrogen and oxygen atoms in total. The van der Waals surface area contributed by atoms with Crippen LogP contribution in [0, 0.1) is 0 Å². The summed E-state index contributed by atoms with van der Waals surface area (Å²) < 4.78 is 10.6.